The molecule has 0 aromatic rings. The Morgan fingerprint density at radius 1 is 1.44 bits per heavy atom. The van der Waals surface area contributed by atoms with Crippen LogP contribution in [0.4, 0.5) is 0 Å². The molecular formula is C10H21NO3S2. The van der Waals surface area contributed by atoms with Gasteiger partial charge in [0.15, 0.2) is 0 Å². The van der Waals surface area contributed by atoms with Gasteiger partial charge >= 0.3 is 0 Å². The van der Waals surface area contributed by atoms with E-state index in [-0.39, 0.29) is 5.75 Å². The molecule has 0 aromatic carbocycles. The molecule has 0 aromatic heterocycles. The molecule has 6 heteroatoms. The summed E-state index contributed by atoms with van der Waals surface area (Å²) < 4.78 is 27.2. The van der Waals surface area contributed by atoms with E-state index in [4.69, 9.17) is 4.74 Å². The Morgan fingerprint density at radius 3 is 2.75 bits per heavy atom. The van der Waals surface area contributed by atoms with E-state index >= 15 is 0 Å². The van der Waals surface area contributed by atoms with Crippen LogP contribution in [-0.2, 0) is 14.6 Å². The van der Waals surface area contributed by atoms with Crippen molar-refractivity contribution in [2.45, 2.75) is 24.7 Å². The van der Waals surface area contributed by atoms with E-state index in [1.165, 1.54) is 6.26 Å². The highest BCUT2D eigenvalue weighted by atomic mass is 32.2. The van der Waals surface area contributed by atoms with E-state index in [9.17, 15) is 8.42 Å². The monoisotopic (exact) mass is 267 g/mol. The molecule has 0 bridgehead atoms. The van der Waals surface area contributed by atoms with Crippen LogP contribution in [0.2, 0.25) is 0 Å². The molecule has 1 aliphatic rings. The lowest BCUT2D eigenvalue weighted by Crippen LogP contribution is -2.25. The van der Waals surface area contributed by atoms with Crippen molar-refractivity contribution in [1.29, 1.82) is 0 Å². The molecule has 1 aliphatic heterocycles. The van der Waals surface area contributed by atoms with Gasteiger partial charge in [-0.05, 0) is 13.3 Å². The van der Waals surface area contributed by atoms with Gasteiger partial charge in [-0.25, -0.2) is 8.42 Å². The standard InChI is InChI=1S/C10H21NO3S2/c1-9-10(3-6-14-9)15-7-4-11-5-8-16(2,12)13/h9-11H,3-8H2,1-2H3. The molecule has 1 fully saturated rings. The molecule has 96 valence electrons. The smallest absolute Gasteiger partial charge is 0.148 e. The van der Waals surface area contributed by atoms with Gasteiger partial charge in [0.1, 0.15) is 9.84 Å². The van der Waals surface area contributed by atoms with Crippen LogP contribution >= 0.6 is 11.8 Å². The summed E-state index contributed by atoms with van der Waals surface area (Å²) in [6.07, 6.45) is 2.76. The quantitative estimate of drug-likeness (QED) is 0.682. The van der Waals surface area contributed by atoms with Gasteiger partial charge in [-0.1, -0.05) is 0 Å². The van der Waals surface area contributed by atoms with Crippen molar-refractivity contribution < 1.29 is 13.2 Å². The summed E-state index contributed by atoms with van der Waals surface area (Å²) >= 11 is 1.91. The lowest BCUT2D eigenvalue weighted by atomic mass is 10.3. The predicted octanol–water partition coefficient (Wildman–Crippen LogP) is 0.531. The number of thioether (sulfide) groups is 1. The zero-order valence-corrected chi connectivity index (χ0v) is 11.6. The summed E-state index contributed by atoms with van der Waals surface area (Å²) in [5.74, 6) is 1.24. The predicted molar refractivity (Wildman–Crippen MR) is 68.9 cm³/mol. The van der Waals surface area contributed by atoms with Crippen molar-refractivity contribution in [3.63, 3.8) is 0 Å². The second-order valence-corrected chi connectivity index (χ2v) is 7.76. The Kier molecular flexibility index (Phi) is 6.10. The van der Waals surface area contributed by atoms with E-state index in [1.54, 1.807) is 0 Å². The SMILES string of the molecule is CC1OCCC1SCCNCCS(C)(=O)=O. The van der Waals surface area contributed by atoms with Gasteiger partial charge in [0, 0.05) is 37.0 Å². The minimum Gasteiger partial charge on any atom is -0.377 e. The number of sulfone groups is 1. The van der Waals surface area contributed by atoms with E-state index in [1.807, 2.05) is 11.8 Å². The van der Waals surface area contributed by atoms with Gasteiger partial charge in [0.25, 0.3) is 0 Å². The number of hydrogen-bond donors (Lipinski definition) is 1. The van der Waals surface area contributed by atoms with Crippen LogP contribution in [0, 0.1) is 0 Å². The summed E-state index contributed by atoms with van der Waals surface area (Å²) in [6.45, 7) is 4.40. The number of hydrogen-bond acceptors (Lipinski definition) is 5. The van der Waals surface area contributed by atoms with Crippen molar-refractivity contribution in [3.05, 3.63) is 0 Å². The lowest BCUT2D eigenvalue weighted by Gasteiger charge is -2.13. The zero-order valence-electron chi connectivity index (χ0n) is 9.94. The topological polar surface area (TPSA) is 55.4 Å². The average molecular weight is 267 g/mol. The van der Waals surface area contributed by atoms with Crippen LogP contribution in [0.15, 0.2) is 0 Å². The minimum absolute atomic E-state index is 0.223. The summed E-state index contributed by atoms with van der Waals surface area (Å²) in [5.41, 5.74) is 0. The third-order valence-corrected chi connectivity index (χ3v) is 5.00. The fourth-order valence-corrected chi connectivity index (χ4v) is 3.29. The molecule has 2 unspecified atom stereocenters. The second-order valence-electron chi connectivity index (χ2n) is 4.15. The minimum atomic E-state index is -2.83. The Morgan fingerprint density at radius 2 is 2.19 bits per heavy atom. The molecule has 0 spiro atoms. The van der Waals surface area contributed by atoms with Gasteiger partial charge in [-0.3, -0.25) is 0 Å². The molecule has 0 amide bonds. The summed E-state index contributed by atoms with van der Waals surface area (Å²) in [4.78, 5) is 0. The van der Waals surface area contributed by atoms with Crippen LogP contribution in [0.5, 0.6) is 0 Å². The first kappa shape index (κ1) is 14.3. The molecule has 1 N–H and O–H groups in total. The van der Waals surface area contributed by atoms with Crippen molar-refractivity contribution >= 4 is 21.6 Å². The van der Waals surface area contributed by atoms with E-state index in [0.717, 1.165) is 25.3 Å². The van der Waals surface area contributed by atoms with E-state index in [0.29, 0.717) is 17.9 Å². The zero-order chi connectivity index (χ0) is 12.0. The third-order valence-electron chi connectivity index (χ3n) is 2.57. The van der Waals surface area contributed by atoms with Gasteiger partial charge in [-0.15, -0.1) is 0 Å². The van der Waals surface area contributed by atoms with Gasteiger partial charge < -0.3 is 10.1 Å². The Balaban J connectivity index is 1.96. The van der Waals surface area contributed by atoms with E-state index in [2.05, 4.69) is 12.2 Å². The van der Waals surface area contributed by atoms with Crippen LogP contribution in [0.3, 0.4) is 0 Å². The normalized spacial score (nSPS) is 26.1. The molecule has 16 heavy (non-hydrogen) atoms. The maximum absolute atomic E-state index is 10.9. The molecule has 4 nitrogen and oxygen atoms in total. The van der Waals surface area contributed by atoms with Crippen molar-refractivity contribution in [1.82, 2.24) is 5.32 Å². The van der Waals surface area contributed by atoms with Gasteiger partial charge in [-0.2, -0.15) is 11.8 Å². The first-order valence-corrected chi connectivity index (χ1v) is 8.71. The van der Waals surface area contributed by atoms with Crippen molar-refractivity contribution in [2.24, 2.45) is 0 Å². The third kappa shape index (κ3) is 6.08. The maximum Gasteiger partial charge on any atom is 0.148 e. The van der Waals surface area contributed by atoms with Gasteiger partial charge in [0.05, 0.1) is 11.9 Å². The molecule has 0 aliphatic carbocycles. The second kappa shape index (κ2) is 6.83. The van der Waals surface area contributed by atoms with Crippen molar-refractivity contribution in [2.75, 3.05) is 37.5 Å². The Labute approximate surface area is 102 Å². The fraction of sp³-hybridized carbons (Fsp3) is 1.00. The number of nitrogens with one attached hydrogen (secondary N) is 1. The average Bonchev–Trinajstić information content (AvgIpc) is 2.56. The molecule has 1 rings (SSSR count). The van der Waals surface area contributed by atoms with Crippen molar-refractivity contribution in [3.8, 4) is 0 Å². The van der Waals surface area contributed by atoms with Crippen LogP contribution < -0.4 is 5.32 Å². The number of ether oxygens (including phenoxy) is 1. The molecule has 1 saturated heterocycles. The summed E-state index contributed by atoms with van der Waals surface area (Å²) in [5, 5.41) is 3.75. The highest BCUT2D eigenvalue weighted by Gasteiger charge is 2.23. The Bertz CT molecular complexity index is 292. The molecular weight excluding hydrogens is 246 g/mol. The number of rotatable bonds is 7. The molecule has 1 heterocycles. The fourth-order valence-electron chi connectivity index (χ4n) is 1.60. The largest absolute Gasteiger partial charge is 0.377 e. The highest BCUT2D eigenvalue weighted by molar-refractivity contribution is 8.00. The van der Waals surface area contributed by atoms with Crippen LogP contribution in [-0.4, -0.2) is 57.2 Å². The summed E-state index contributed by atoms with van der Waals surface area (Å²) in [6, 6.07) is 0. The molecule has 2 atom stereocenters. The Hall–Kier alpha value is 0.220. The highest BCUT2D eigenvalue weighted by Crippen LogP contribution is 2.25. The van der Waals surface area contributed by atoms with E-state index < -0.39 is 9.84 Å². The first-order valence-electron chi connectivity index (χ1n) is 5.61. The van der Waals surface area contributed by atoms with Crippen LogP contribution in [0.1, 0.15) is 13.3 Å². The van der Waals surface area contributed by atoms with Gasteiger partial charge in [0.2, 0.25) is 0 Å². The summed E-state index contributed by atoms with van der Waals surface area (Å²) in [7, 11) is -2.83. The molecule has 0 saturated carbocycles. The molecule has 0 radical (unpaired) electrons. The maximum atomic E-state index is 10.9. The lowest BCUT2D eigenvalue weighted by molar-refractivity contribution is 0.127. The van der Waals surface area contributed by atoms with Crippen LogP contribution in [0.25, 0.3) is 0 Å². The first-order chi connectivity index (χ1) is 7.49.